The van der Waals surface area contributed by atoms with Crippen molar-refractivity contribution in [2.24, 2.45) is 5.73 Å². The highest BCUT2D eigenvalue weighted by Gasteiger charge is 2.23. The van der Waals surface area contributed by atoms with Crippen molar-refractivity contribution >= 4 is 5.91 Å². The number of hydrogen-bond acceptors (Lipinski definition) is 5. The molecule has 0 aliphatic carbocycles. The monoisotopic (exact) mass is 238 g/mol. The van der Waals surface area contributed by atoms with E-state index in [9.17, 15) is 4.79 Å². The summed E-state index contributed by atoms with van der Waals surface area (Å²) >= 11 is 0. The third-order valence-corrected chi connectivity index (χ3v) is 2.92. The summed E-state index contributed by atoms with van der Waals surface area (Å²) < 4.78 is 1.58. The van der Waals surface area contributed by atoms with Crippen LogP contribution >= 0.6 is 0 Å². The van der Waals surface area contributed by atoms with Crippen LogP contribution in [0.1, 0.15) is 18.8 Å². The Morgan fingerprint density at radius 2 is 2.29 bits per heavy atom. The fourth-order valence-electron chi connectivity index (χ4n) is 1.85. The normalized spacial score (nSPS) is 18.1. The Morgan fingerprint density at radius 3 is 2.88 bits per heavy atom. The molecule has 7 nitrogen and oxygen atoms in total. The minimum atomic E-state index is -0.319. The number of nitrogens with zero attached hydrogens (tertiary/aromatic N) is 4. The number of hydrogen-bond donors (Lipinski definition) is 2. The number of aromatic nitrogens is 3. The molecule has 2 rings (SSSR count). The lowest BCUT2D eigenvalue weighted by molar-refractivity contribution is -0.135. The average Bonchev–Trinajstić information content (AvgIpc) is 2.87. The average molecular weight is 238 g/mol. The zero-order valence-corrected chi connectivity index (χ0v) is 9.96. The van der Waals surface area contributed by atoms with Gasteiger partial charge in [0.1, 0.15) is 12.4 Å². The summed E-state index contributed by atoms with van der Waals surface area (Å²) in [7, 11) is 0. The molecule has 7 heteroatoms. The summed E-state index contributed by atoms with van der Waals surface area (Å²) in [5.41, 5.74) is 5.44. The van der Waals surface area contributed by atoms with Crippen LogP contribution in [0.25, 0.3) is 0 Å². The van der Waals surface area contributed by atoms with E-state index in [0.717, 1.165) is 26.2 Å². The summed E-state index contributed by atoms with van der Waals surface area (Å²) in [5, 5.41) is 7.38. The molecule has 17 heavy (non-hydrogen) atoms. The van der Waals surface area contributed by atoms with Gasteiger partial charge in [0.05, 0.1) is 6.54 Å². The van der Waals surface area contributed by atoms with Crippen molar-refractivity contribution in [1.29, 1.82) is 0 Å². The van der Waals surface area contributed by atoms with E-state index in [1.54, 1.807) is 11.0 Å². The summed E-state index contributed by atoms with van der Waals surface area (Å²) in [6.45, 7) is 5.33. The Morgan fingerprint density at radius 1 is 1.59 bits per heavy atom. The van der Waals surface area contributed by atoms with Gasteiger partial charge in [-0.3, -0.25) is 4.79 Å². The van der Waals surface area contributed by atoms with Gasteiger partial charge in [0.25, 0.3) is 0 Å². The SMILES string of the molecule is CC(C(=O)N1CCNCC1)n1cnc(CN)n1. The van der Waals surface area contributed by atoms with Gasteiger partial charge in [-0.05, 0) is 6.92 Å². The lowest BCUT2D eigenvalue weighted by atomic mass is 10.2. The van der Waals surface area contributed by atoms with E-state index < -0.39 is 0 Å². The van der Waals surface area contributed by atoms with Crippen LogP contribution in [-0.4, -0.2) is 51.8 Å². The first kappa shape index (κ1) is 12.0. The quantitative estimate of drug-likeness (QED) is 0.685. The maximum absolute atomic E-state index is 12.2. The molecule has 1 saturated heterocycles. The molecule has 1 fully saturated rings. The van der Waals surface area contributed by atoms with Crippen molar-refractivity contribution in [2.75, 3.05) is 26.2 Å². The highest BCUT2D eigenvalue weighted by atomic mass is 16.2. The molecule has 0 radical (unpaired) electrons. The van der Waals surface area contributed by atoms with Crippen LogP contribution in [0.15, 0.2) is 6.33 Å². The molecule has 1 aliphatic heterocycles. The van der Waals surface area contributed by atoms with Crippen molar-refractivity contribution < 1.29 is 4.79 Å². The smallest absolute Gasteiger partial charge is 0.247 e. The van der Waals surface area contributed by atoms with Crippen LogP contribution in [-0.2, 0) is 11.3 Å². The standard InChI is InChI=1S/C10H18N6O/c1-8(16-7-13-9(6-11)14-16)10(17)15-4-2-12-3-5-15/h7-8,12H,2-6,11H2,1H3. The van der Waals surface area contributed by atoms with Gasteiger partial charge < -0.3 is 16.0 Å². The summed E-state index contributed by atoms with van der Waals surface area (Å²) in [6.07, 6.45) is 1.56. The molecule has 1 atom stereocenters. The topological polar surface area (TPSA) is 89.1 Å². The van der Waals surface area contributed by atoms with E-state index in [4.69, 9.17) is 5.73 Å². The van der Waals surface area contributed by atoms with E-state index in [2.05, 4.69) is 15.4 Å². The van der Waals surface area contributed by atoms with Gasteiger partial charge in [0.2, 0.25) is 5.91 Å². The van der Waals surface area contributed by atoms with Crippen LogP contribution < -0.4 is 11.1 Å². The van der Waals surface area contributed by atoms with Crippen molar-refractivity contribution in [1.82, 2.24) is 25.0 Å². The molecule has 3 N–H and O–H groups in total. The van der Waals surface area contributed by atoms with Gasteiger partial charge in [0, 0.05) is 26.2 Å². The Hall–Kier alpha value is -1.47. The Bertz CT molecular complexity index is 384. The van der Waals surface area contributed by atoms with Gasteiger partial charge >= 0.3 is 0 Å². The van der Waals surface area contributed by atoms with Crippen LogP contribution in [0, 0.1) is 0 Å². The molecule has 2 heterocycles. The Labute approximate surface area is 100.0 Å². The second-order valence-corrected chi connectivity index (χ2v) is 4.10. The van der Waals surface area contributed by atoms with E-state index in [1.165, 1.54) is 0 Å². The van der Waals surface area contributed by atoms with Crippen molar-refractivity contribution in [3.63, 3.8) is 0 Å². The van der Waals surface area contributed by atoms with Gasteiger partial charge in [-0.15, -0.1) is 0 Å². The van der Waals surface area contributed by atoms with E-state index in [-0.39, 0.29) is 11.9 Å². The second kappa shape index (κ2) is 5.24. The maximum atomic E-state index is 12.2. The van der Waals surface area contributed by atoms with Gasteiger partial charge in [-0.25, -0.2) is 9.67 Å². The summed E-state index contributed by atoms with van der Waals surface area (Å²) in [4.78, 5) is 18.1. The molecule has 1 aromatic heterocycles. The minimum absolute atomic E-state index is 0.0833. The predicted molar refractivity (Wildman–Crippen MR) is 62.1 cm³/mol. The number of nitrogens with one attached hydrogen (secondary N) is 1. The number of piperazine rings is 1. The fraction of sp³-hybridized carbons (Fsp3) is 0.700. The number of nitrogens with two attached hydrogens (primary N) is 1. The van der Waals surface area contributed by atoms with E-state index in [0.29, 0.717) is 12.4 Å². The number of carbonyl (C=O) groups is 1. The molecular weight excluding hydrogens is 220 g/mol. The lowest BCUT2D eigenvalue weighted by Gasteiger charge is -2.29. The number of carbonyl (C=O) groups excluding carboxylic acids is 1. The maximum Gasteiger partial charge on any atom is 0.247 e. The summed E-state index contributed by atoms with van der Waals surface area (Å²) in [5.74, 6) is 0.643. The predicted octanol–water partition coefficient (Wildman–Crippen LogP) is -1.27. The Balaban J connectivity index is 2.02. The molecule has 1 unspecified atom stereocenters. The molecule has 0 spiro atoms. The van der Waals surface area contributed by atoms with E-state index in [1.807, 2.05) is 11.8 Å². The zero-order valence-electron chi connectivity index (χ0n) is 9.96. The summed E-state index contributed by atoms with van der Waals surface area (Å²) in [6, 6.07) is -0.319. The molecule has 0 aromatic carbocycles. The number of rotatable bonds is 3. The first-order chi connectivity index (χ1) is 8.22. The highest BCUT2D eigenvalue weighted by Crippen LogP contribution is 2.09. The largest absolute Gasteiger partial charge is 0.338 e. The zero-order chi connectivity index (χ0) is 12.3. The first-order valence-electron chi connectivity index (χ1n) is 5.82. The van der Waals surface area contributed by atoms with Crippen LogP contribution in [0.4, 0.5) is 0 Å². The molecular formula is C10H18N6O. The van der Waals surface area contributed by atoms with Crippen molar-refractivity contribution in [3.8, 4) is 0 Å². The molecule has 1 amide bonds. The van der Waals surface area contributed by atoms with Crippen molar-refractivity contribution in [2.45, 2.75) is 19.5 Å². The molecule has 1 aromatic rings. The highest BCUT2D eigenvalue weighted by molar-refractivity contribution is 5.80. The number of amides is 1. The van der Waals surface area contributed by atoms with Gasteiger partial charge in [-0.2, -0.15) is 5.10 Å². The van der Waals surface area contributed by atoms with Crippen LogP contribution in [0.3, 0.4) is 0 Å². The van der Waals surface area contributed by atoms with Crippen molar-refractivity contribution in [3.05, 3.63) is 12.2 Å². The van der Waals surface area contributed by atoms with Crippen LogP contribution in [0.5, 0.6) is 0 Å². The van der Waals surface area contributed by atoms with Gasteiger partial charge in [-0.1, -0.05) is 0 Å². The molecule has 0 bridgehead atoms. The van der Waals surface area contributed by atoms with E-state index >= 15 is 0 Å². The second-order valence-electron chi connectivity index (χ2n) is 4.10. The molecule has 0 saturated carbocycles. The third kappa shape index (κ3) is 2.62. The molecule has 1 aliphatic rings. The third-order valence-electron chi connectivity index (χ3n) is 2.92. The minimum Gasteiger partial charge on any atom is -0.338 e. The van der Waals surface area contributed by atoms with Gasteiger partial charge in [0.15, 0.2) is 5.82 Å². The van der Waals surface area contributed by atoms with Crippen LogP contribution in [0.2, 0.25) is 0 Å². The lowest BCUT2D eigenvalue weighted by Crippen LogP contribution is -2.48. The Kier molecular flexibility index (Phi) is 3.70. The molecule has 94 valence electrons. The first-order valence-corrected chi connectivity index (χ1v) is 5.82. The fourth-order valence-corrected chi connectivity index (χ4v) is 1.85.